The van der Waals surface area contributed by atoms with Crippen LogP contribution >= 0.6 is 0 Å². The first kappa shape index (κ1) is 13.1. The molecule has 0 spiro atoms. The van der Waals surface area contributed by atoms with Crippen LogP contribution in [-0.4, -0.2) is 30.4 Å². The first-order valence-electron chi connectivity index (χ1n) is 6.73. The van der Waals surface area contributed by atoms with Crippen LogP contribution in [0.2, 0.25) is 0 Å². The Morgan fingerprint density at radius 1 is 1.50 bits per heavy atom. The van der Waals surface area contributed by atoms with E-state index in [1.165, 1.54) is 11.1 Å². The first-order valence-corrected chi connectivity index (χ1v) is 6.73. The number of carbonyl (C=O) groups excluding carboxylic acids is 1. The molecule has 1 heterocycles. The van der Waals surface area contributed by atoms with Gasteiger partial charge in [0.2, 0.25) is 0 Å². The fourth-order valence-corrected chi connectivity index (χ4v) is 2.40. The van der Waals surface area contributed by atoms with E-state index in [1.807, 2.05) is 24.1 Å². The Morgan fingerprint density at radius 3 is 3.00 bits per heavy atom. The van der Waals surface area contributed by atoms with Gasteiger partial charge in [-0.05, 0) is 43.5 Å². The minimum absolute atomic E-state index is 0.156. The van der Waals surface area contributed by atoms with Gasteiger partial charge in [0.1, 0.15) is 0 Å². The summed E-state index contributed by atoms with van der Waals surface area (Å²) in [5.74, 6) is 0.156. The summed E-state index contributed by atoms with van der Waals surface area (Å²) in [6.45, 7) is 6.04. The second-order valence-corrected chi connectivity index (χ2v) is 5.04. The molecule has 3 heteroatoms. The summed E-state index contributed by atoms with van der Waals surface area (Å²) in [6, 6.07) is 6.35. The van der Waals surface area contributed by atoms with Crippen molar-refractivity contribution in [3.05, 3.63) is 34.9 Å². The quantitative estimate of drug-likeness (QED) is 0.887. The molecule has 18 heavy (non-hydrogen) atoms. The molecule has 1 aliphatic heterocycles. The SMILES string of the molecule is CCC(C)N(C)C(=O)c1cccc2c1CCNC2. The predicted octanol–water partition coefficient (Wildman–Crippen LogP) is 2.20. The molecule has 1 unspecified atom stereocenters. The van der Waals surface area contributed by atoms with Crippen LogP contribution in [0.1, 0.15) is 41.8 Å². The summed E-state index contributed by atoms with van der Waals surface area (Å²) in [4.78, 5) is 14.4. The van der Waals surface area contributed by atoms with Crippen LogP contribution in [0.3, 0.4) is 0 Å². The van der Waals surface area contributed by atoms with Crippen molar-refractivity contribution in [1.29, 1.82) is 0 Å². The molecular formula is C15H22N2O. The van der Waals surface area contributed by atoms with Crippen molar-refractivity contribution in [2.75, 3.05) is 13.6 Å². The summed E-state index contributed by atoms with van der Waals surface area (Å²) < 4.78 is 0. The number of rotatable bonds is 3. The lowest BCUT2D eigenvalue weighted by Crippen LogP contribution is -2.36. The fraction of sp³-hybridized carbons (Fsp3) is 0.533. The van der Waals surface area contributed by atoms with Gasteiger partial charge in [-0.25, -0.2) is 0 Å². The molecule has 1 atom stereocenters. The average Bonchev–Trinajstić information content (AvgIpc) is 2.44. The number of amides is 1. The van der Waals surface area contributed by atoms with Crippen LogP contribution in [0.25, 0.3) is 0 Å². The Balaban J connectivity index is 2.30. The number of hydrogen-bond donors (Lipinski definition) is 1. The van der Waals surface area contributed by atoms with Crippen LogP contribution < -0.4 is 5.32 Å². The topological polar surface area (TPSA) is 32.3 Å². The lowest BCUT2D eigenvalue weighted by molar-refractivity contribution is 0.0739. The summed E-state index contributed by atoms with van der Waals surface area (Å²) in [6.07, 6.45) is 1.93. The molecule has 0 fully saturated rings. The third-order valence-electron chi connectivity index (χ3n) is 3.94. The lowest BCUT2D eigenvalue weighted by atomic mass is 9.94. The zero-order valence-corrected chi connectivity index (χ0v) is 11.5. The van der Waals surface area contributed by atoms with Crippen molar-refractivity contribution in [2.24, 2.45) is 0 Å². The van der Waals surface area contributed by atoms with Crippen LogP contribution in [0, 0.1) is 0 Å². The van der Waals surface area contributed by atoms with Crippen LogP contribution in [0.15, 0.2) is 18.2 Å². The van der Waals surface area contributed by atoms with Gasteiger partial charge in [-0.1, -0.05) is 19.1 Å². The van der Waals surface area contributed by atoms with Crippen molar-refractivity contribution in [3.63, 3.8) is 0 Å². The minimum Gasteiger partial charge on any atom is -0.339 e. The molecule has 0 aromatic heterocycles. The van der Waals surface area contributed by atoms with E-state index in [1.54, 1.807) is 0 Å². The van der Waals surface area contributed by atoms with E-state index >= 15 is 0 Å². The highest BCUT2D eigenvalue weighted by Gasteiger charge is 2.21. The van der Waals surface area contributed by atoms with Gasteiger partial charge in [-0.15, -0.1) is 0 Å². The highest BCUT2D eigenvalue weighted by atomic mass is 16.2. The Bertz CT molecular complexity index is 442. The van der Waals surface area contributed by atoms with E-state index in [2.05, 4.69) is 25.2 Å². The third kappa shape index (κ3) is 2.41. The van der Waals surface area contributed by atoms with Gasteiger partial charge in [0, 0.05) is 25.2 Å². The summed E-state index contributed by atoms with van der Waals surface area (Å²) in [7, 11) is 1.90. The lowest BCUT2D eigenvalue weighted by Gasteiger charge is -2.27. The summed E-state index contributed by atoms with van der Waals surface area (Å²) >= 11 is 0. The van der Waals surface area contributed by atoms with Gasteiger partial charge < -0.3 is 10.2 Å². The third-order valence-corrected chi connectivity index (χ3v) is 3.94. The molecule has 1 aromatic rings. The van der Waals surface area contributed by atoms with E-state index < -0.39 is 0 Å². The molecule has 98 valence electrons. The molecule has 0 saturated carbocycles. The highest BCUT2D eigenvalue weighted by molar-refractivity contribution is 5.96. The zero-order valence-electron chi connectivity index (χ0n) is 11.5. The molecule has 0 saturated heterocycles. The van der Waals surface area contributed by atoms with Crippen molar-refractivity contribution in [3.8, 4) is 0 Å². The standard InChI is InChI=1S/C15H22N2O/c1-4-11(2)17(3)15(18)14-7-5-6-12-10-16-9-8-13(12)14/h5-7,11,16H,4,8-10H2,1-3H3. The Labute approximate surface area is 109 Å². The maximum atomic E-state index is 12.5. The van der Waals surface area contributed by atoms with E-state index in [0.717, 1.165) is 31.5 Å². The van der Waals surface area contributed by atoms with Crippen LogP contribution in [0.4, 0.5) is 0 Å². The average molecular weight is 246 g/mol. The molecule has 0 aliphatic carbocycles. The molecule has 1 aliphatic rings. The molecule has 2 rings (SSSR count). The van der Waals surface area contributed by atoms with Crippen molar-refractivity contribution < 1.29 is 4.79 Å². The molecule has 3 nitrogen and oxygen atoms in total. The van der Waals surface area contributed by atoms with Gasteiger partial charge >= 0.3 is 0 Å². The second kappa shape index (κ2) is 5.53. The smallest absolute Gasteiger partial charge is 0.254 e. The van der Waals surface area contributed by atoms with E-state index in [9.17, 15) is 4.79 Å². The van der Waals surface area contributed by atoms with E-state index in [0.29, 0.717) is 0 Å². The second-order valence-electron chi connectivity index (χ2n) is 5.04. The van der Waals surface area contributed by atoms with Gasteiger partial charge in [0.05, 0.1) is 0 Å². The van der Waals surface area contributed by atoms with Crippen LogP contribution in [-0.2, 0) is 13.0 Å². The summed E-state index contributed by atoms with van der Waals surface area (Å²) in [5, 5.41) is 3.35. The number of fused-ring (bicyclic) bond motifs is 1. The molecule has 1 N–H and O–H groups in total. The number of nitrogens with one attached hydrogen (secondary N) is 1. The molecule has 0 bridgehead atoms. The fourth-order valence-electron chi connectivity index (χ4n) is 2.40. The molecule has 1 amide bonds. The molecular weight excluding hydrogens is 224 g/mol. The van der Waals surface area contributed by atoms with Gasteiger partial charge in [0.25, 0.3) is 5.91 Å². The maximum absolute atomic E-state index is 12.5. The maximum Gasteiger partial charge on any atom is 0.254 e. The number of hydrogen-bond acceptors (Lipinski definition) is 2. The first-order chi connectivity index (χ1) is 8.65. The van der Waals surface area contributed by atoms with E-state index in [4.69, 9.17) is 0 Å². The predicted molar refractivity (Wildman–Crippen MR) is 73.7 cm³/mol. The number of benzene rings is 1. The van der Waals surface area contributed by atoms with Crippen LogP contribution in [0.5, 0.6) is 0 Å². The molecule has 0 radical (unpaired) electrons. The normalized spacial score (nSPS) is 15.9. The van der Waals surface area contributed by atoms with Crippen molar-refractivity contribution in [1.82, 2.24) is 10.2 Å². The number of carbonyl (C=O) groups is 1. The zero-order chi connectivity index (χ0) is 13.1. The van der Waals surface area contributed by atoms with Crippen molar-refractivity contribution >= 4 is 5.91 Å². The monoisotopic (exact) mass is 246 g/mol. The van der Waals surface area contributed by atoms with Crippen molar-refractivity contribution in [2.45, 2.75) is 39.3 Å². The van der Waals surface area contributed by atoms with Gasteiger partial charge in [0.15, 0.2) is 0 Å². The highest BCUT2D eigenvalue weighted by Crippen LogP contribution is 2.20. The Kier molecular flexibility index (Phi) is 4.02. The number of nitrogens with zero attached hydrogens (tertiary/aromatic N) is 1. The minimum atomic E-state index is 0.156. The Hall–Kier alpha value is -1.35. The van der Waals surface area contributed by atoms with Gasteiger partial charge in [-0.2, -0.15) is 0 Å². The Morgan fingerprint density at radius 2 is 2.28 bits per heavy atom. The van der Waals surface area contributed by atoms with E-state index in [-0.39, 0.29) is 11.9 Å². The summed E-state index contributed by atoms with van der Waals surface area (Å²) in [5.41, 5.74) is 3.39. The largest absolute Gasteiger partial charge is 0.339 e. The van der Waals surface area contributed by atoms with Gasteiger partial charge in [-0.3, -0.25) is 4.79 Å². The molecule has 1 aromatic carbocycles.